The summed E-state index contributed by atoms with van der Waals surface area (Å²) in [5.41, 5.74) is 1.04. The minimum absolute atomic E-state index is 0.417. The van der Waals surface area contributed by atoms with Crippen molar-refractivity contribution in [3.05, 3.63) is 29.4 Å². The normalized spacial score (nSPS) is 18.5. The fraction of sp³-hybridized carbons (Fsp3) is 0.467. The van der Waals surface area contributed by atoms with E-state index in [0.29, 0.717) is 6.04 Å². The average Bonchev–Trinajstić information content (AvgIpc) is 3.20. The molecule has 0 saturated carbocycles. The van der Waals surface area contributed by atoms with Crippen molar-refractivity contribution in [2.75, 3.05) is 11.4 Å². The monoisotopic (exact) mass is 314 g/mol. The van der Waals surface area contributed by atoms with E-state index in [1.165, 1.54) is 11.1 Å². The first kappa shape index (κ1) is 13.6. The van der Waals surface area contributed by atoms with E-state index in [2.05, 4.69) is 36.4 Å². The maximum atomic E-state index is 4.56. The van der Waals surface area contributed by atoms with Crippen LogP contribution in [0.25, 0.3) is 10.2 Å². The van der Waals surface area contributed by atoms with Gasteiger partial charge in [-0.3, -0.25) is 0 Å². The lowest BCUT2D eigenvalue weighted by molar-refractivity contribution is 0.496. The third-order valence-corrected chi connectivity index (χ3v) is 5.12. The zero-order valence-electron chi connectivity index (χ0n) is 12.7. The summed E-state index contributed by atoms with van der Waals surface area (Å²) in [6.45, 7) is 5.86. The molecule has 1 fully saturated rings. The molecule has 0 unspecified atom stereocenters. The molecule has 7 heteroatoms. The molecule has 22 heavy (non-hydrogen) atoms. The van der Waals surface area contributed by atoms with Gasteiger partial charge >= 0.3 is 0 Å². The second kappa shape index (κ2) is 5.31. The number of aryl methyl sites for hydroxylation is 2. The number of nitrogens with zero attached hydrogens (tertiary/aromatic N) is 6. The zero-order chi connectivity index (χ0) is 15.1. The highest BCUT2D eigenvalue weighted by molar-refractivity contribution is 7.17. The predicted octanol–water partition coefficient (Wildman–Crippen LogP) is 2.57. The van der Waals surface area contributed by atoms with Crippen molar-refractivity contribution in [2.24, 2.45) is 0 Å². The fourth-order valence-corrected chi connectivity index (χ4v) is 4.07. The van der Waals surface area contributed by atoms with Crippen LogP contribution in [-0.4, -0.2) is 37.3 Å². The smallest absolute Gasteiger partial charge is 0.150 e. The SMILES string of the molecule is Cc1nc(C)n(C[C@@H]2CCCN2c2ncnc3ccsc23)n1. The van der Waals surface area contributed by atoms with Gasteiger partial charge in [-0.05, 0) is 38.1 Å². The highest BCUT2D eigenvalue weighted by Gasteiger charge is 2.28. The average molecular weight is 314 g/mol. The first-order valence-corrected chi connectivity index (χ1v) is 8.43. The summed E-state index contributed by atoms with van der Waals surface area (Å²) in [4.78, 5) is 15.7. The number of hydrogen-bond donors (Lipinski definition) is 0. The molecule has 0 aromatic carbocycles. The van der Waals surface area contributed by atoms with Gasteiger partial charge in [0, 0.05) is 6.54 Å². The number of aromatic nitrogens is 5. The first-order chi connectivity index (χ1) is 10.7. The summed E-state index contributed by atoms with van der Waals surface area (Å²) in [6.07, 6.45) is 4.02. The number of thiophene rings is 1. The molecule has 3 aromatic heterocycles. The minimum Gasteiger partial charge on any atom is -0.350 e. The Morgan fingerprint density at radius 2 is 2.23 bits per heavy atom. The van der Waals surface area contributed by atoms with E-state index < -0.39 is 0 Å². The minimum atomic E-state index is 0.417. The molecule has 1 atom stereocenters. The van der Waals surface area contributed by atoms with E-state index >= 15 is 0 Å². The molecule has 0 bridgehead atoms. The van der Waals surface area contributed by atoms with Gasteiger partial charge in [-0.15, -0.1) is 11.3 Å². The maximum absolute atomic E-state index is 4.56. The summed E-state index contributed by atoms with van der Waals surface area (Å²) in [6, 6.07) is 2.47. The van der Waals surface area contributed by atoms with Gasteiger partial charge in [0.15, 0.2) is 0 Å². The molecular formula is C15H18N6S. The third kappa shape index (κ3) is 2.25. The highest BCUT2D eigenvalue weighted by Crippen LogP contribution is 2.33. The molecule has 6 nitrogen and oxygen atoms in total. The largest absolute Gasteiger partial charge is 0.350 e. The molecule has 1 aliphatic rings. The lowest BCUT2D eigenvalue weighted by Gasteiger charge is -2.26. The van der Waals surface area contributed by atoms with Gasteiger partial charge in [0.25, 0.3) is 0 Å². The van der Waals surface area contributed by atoms with Crippen LogP contribution in [0.15, 0.2) is 17.8 Å². The van der Waals surface area contributed by atoms with E-state index in [1.54, 1.807) is 17.7 Å². The quantitative estimate of drug-likeness (QED) is 0.743. The van der Waals surface area contributed by atoms with Gasteiger partial charge in [0.1, 0.15) is 23.8 Å². The molecule has 0 N–H and O–H groups in total. The van der Waals surface area contributed by atoms with Crippen molar-refractivity contribution in [1.29, 1.82) is 0 Å². The molecule has 0 spiro atoms. The molecule has 1 aliphatic heterocycles. The number of hydrogen-bond acceptors (Lipinski definition) is 6. The van der Waals surface area contributed by atoms with Gasteiger partial charge in [-0.1, -0.05) is 0 Å². The Bertz CT molecular complexity index is 807. The van der Waals surface area contributed by atoms with Crippen LogP contribution in [0.4, 0.5) is 5.82 Å². The van der Waals surface area contributed by atoms with Gasteiger partial charge in [0.2, 0.25) is 0 Å². The van der Waals surface area contributed by atoms with E-state index in [0.717, 1.165) is 42.5 Å². The van der Waals surface area contributed by atoms with Crippen LogP contribution in [0, 0.1) is 13.8 Å². The summed E-state index contributed by atoms with van der Waals surface area (Å²) >= 11 is 1.71. The van der Waals surface area contributed by atoms with Crippen LogP contribution in [0.5, 0.6) is 0 Å². The van der Waals surface area contributed by atoms with Crippen molar-refractivity contribution < 1.29 is 0 Å². The lowest BCUT2D eigenvalue weighted by atomic mass is 10.2. The van der Waals surface area contributed by atoms with Gasteiger partial charge in [0.05, 0.1) is 22.8 Å². The van der Waals surface area contributed by atoms with Gasteiger partial charge in [-0.2, -0.15) is 5.10 Å². The third-order valence-electron chi connectivity index (χ3n) is 4.22. The van der Waals surface area contributed by atoms with Crippen LogP contribution in [0.1, 0.15) is 24.5 Å². The van der Waals surface area contributed by atoms with Crippen molar-refractivity contribution in [3.63, 3.8) is 0 Å². The predicted molar refractivity (Wildman–Crippen MR) is 87.3 cm³/mol. The Kier molecular flexibility index (Phi) is 3.29. The Morgan fingerprint density at radius 1 is 1.32 bits per heavy atom. The van der Waals surface area contributed by atoms with Crippen molar-refractivity contribution in [2.45, 2.75) is 39.3 Å². The van der Waals surface area contributed by atoms with E-state index in [-0.39, 0.29) is 0 Å². The lowest BCUT2D eigenvalue weighted by Crippen LogP contribution is -2.34. The second-order valence-electron chi connectivity index (χ2n) is 5.71. The Balaban J connectivity index is 1.66. The van der Waals surface area contributed by atoms with E-state index in [1.807, 2.05) is 18.5 Å². The molecule has 0 aliphatic carbocycles. The van der Waals surface area contributed by atoms with Crippen molar-refractivity contribution >= 4 is 27.4 Å². The number of anilines is 1. The van der Waals surface area contributed by atoms with Crippen LogP contribution in [0.2, 0.25) is 0 Å². The molecule has 4 rings (SSSR count). The topological polar surface area (TPSA) is 59.7 Å². The van der Waals surface area contributed by atoms with Crippen LogP contribution >= 0.6 is 11.3 Å². The second-order valence-corrected chi connectivity index (χ2v) is 6.63. The van der Waals surface area contributed by atoms with Crippen LogP contribution in [-0.2, 0) is 6.54 Å². The number of fused-ring (bicyclic) bond motifs is 1. The molecule has 114 valence electrons. The summed E-state index contributed by atoms with van der Waals surface area (Å²) in [7, 11) is 0. The first-order valence-electron chi connectivity index (χ1n) is 7.55. The van der Waals surface area contributed by atoms with Crippen molar-refractivity contribution in [1.82, 2.24) is 24.7 Å². The molecule has 1 saturated heterocycles. The maximum Gasteiger partial charge on any atom is 0.150 e. The van der Waals surface area contributed by atoms with E-state index in [4.69, 9.17) is 0 Å². The summed E-state index contributed by atoms with van der Waals surface area (Å²) < 4.78 is 3.20. The summed E-state index contributed by atoms with van der Waals surface area (Å²) in [5.74, 6) is 2.88. The van der Waals surface area contributed by atoms with E-state index in [9.17, 15) is 0 Å². The number of rotatable bonds is 3. The summed E-state index contributed by atoms with van der Waals surface area (Å²) in [5, 5.41) is 6.59. The molecule has 0 radical (unpaired) electrons. The Morgan fingerprint density at radius 3 is 3.05 bits per heavy atom. The molecule has 0 amide bonds. The van der Waals surface area contributed by atoms with Crippen molar-refractivity contribution in [3.8, 4) is 0 Å². The molecular weight excluding hydrogens is 296 g/mol. The van der Waals surface area contributed by atoms with Gasteiger partial charge < -0.3 is 4.90 Å². The van der Waals surface area contributed by atoms with Gasteiger partial charge in [-0.25, -0.2) is 19.6 Å². The molecule has 3 aromatic rings. The van der Waals surface area contributed by atoms with Crippen LogP contribution < -0.4 is 4.90 Å². The van der Waals surface area contributed by atoms with Crippen LogP contribution in [0.3, 0.4) is 0 Å². The highest BCUT2D eigenvalue weighted by atomic mass is 32.1. The molecule has 4 heterocycles. The Hall–Kier alpha value is -2.02. The zero-order valence-corrected chi connectivity index (χ0v) is 13.5. The fourth-order valence-electron chi connectivity index (χ4n) is 3.22. The Labute approximate surface area is 132 Å². The standard InChI is InChI=1S/C15H18N6S/c1-10-18-11(2)21(19-10)8-12-4-3-6-20(12)15-14-13(5-7-22-14)16-9-17-15/h5,7,9,12H,3-4,6,8H2,1-2H3/t12-/m0/s1.